The van der Waals surface area contributed by atoms with E-state index in [9.17, 15) is 4.79 Å². The fourth-order valence-electron chi connectivity index (χ4n) is 2.34. The molecule has 0 saturated carbocycles. The number of nitrogens with two attached hydrogens (primary N) is 1. The first-order valence-corrected chi connectivity index (χ1v) is 7.54. The number of nitrogen functional groups attached to an aromatic ring is 1. The number of nitrogens with one attached hydrogen (secondary N) is 1. The third-order valence-electron chi connectivity index (χ3n) is 3.57. The van der Waals surface area contributed by atoms with Gasteiger partial charge < -0.3 is 5.73 Å². The Hall–Kier alpha value is -2.34. The van der Waals surface area contributed by atoms with Crippen molar-refractivity contribution in [3.05, 3.63) is 35.7 Å². The van der Waals surface area contributed by atoms with E-state index in [0.717, 1.165) is 29.7 Å². The van der Waals surface area contributed by atoms with Crippen LogP contribution in [0, 0.1) is 0 Å². The van der Waals surface area contributed by atoms with Crippen molar-refractivity contribution in [3.63, 3.8) is 0 Å². The molecule has 1 amide bonds. The topological polar surface area (TPSA) is 92.6 Å². The first-order chi connectivity index (χ1) is 10.7. The zero-order valence-electron chi connectivity index (χ0n) is 12.7. The van der Waals surface area contributed by atoms with Gasteiger partial charge in [0.2, 0.25) is 0 Å². The third kappa shape index (κ3) is 3.85. The normalized spacial score (nSPS) is 11.4. The Kier molecular flexibility index (Phi) is 5.55. The molecule has 0 bridgehead atoms. The lowest BCUT2D eigenvalue weighted by Crippen LogP contribution is -2.14. The summed E-state index contributed by atoms with van der Waals surface area (Å²) in [6.07, 6.45) is 10.3. The van der Waals surface area contributed by atoms with Crippen LogP contribution in [-0.2, 0) is 11.2 Å². The second-order valence-electron chi connectivity index (χ2n) is 5.25. The van der Waals surface area contributed by atoms with Gasteiger partial charge >= 0.3 is 0 Å². The lowest BCUT2D eigenvalue weighted by Gasteiger charge is -1.99. The summed E-state index contributed by atoms with van der Waals surface area (Å²) in [6, 6.07) is 3.69. The number of amides is 1. The Morgan fingerprint density at radius 1 is 1.45 bits per heavy atom. The number of hydroxylamine groups is 1. The standard InChI is InChI=1S/C16H22N4O2/c1-2-3-4-5-6-13-16(17)20-10-9-12(11-14(20)18-13)7-8-15(21)19-22/h7-11,22H,2-6,17H2,1H3,(H,19,21)/b8-7+. The van der Waals surface area contributed by atoms with Gasteiger partial charge in [0, 0.05) is 12.3 Å². The second kappa shape index (κ2) is 7.61. The molecule has 2 rings (SSSR count). The van der Waals surface area contributed by atoms with Crippen LogP contribution >= 0.6 is 0 Å². The van der Waals surface area contributed by atoms with Gasteiger partial charge in [-0.1, -0.05) is 26.2 Å². The fraction of sp³-hybridized carbons (Fsp3) is 0.375. The van der Waals surface area contributed by atoms with Crippen molar-refractivity contribution >= 4 is 23.4 Å². The SMILES string of the molecule is CCCCCCc1nc2cc(/C=C/C(=O)NO)ccn2c1N. The lowest BCUT2D eigenvalue weighted by atomic mass is 10.1. The van der Waals surface area contributed by atoms with Crippen LogP contribution in [0.25, 0.3) is 11.7 Å². The summed E-state index contributed by atoms with van der Waals surface area (Å²) >= 11 is 0. The highest BCUT2D eigenvalue weighted by atomic mass is 16.5. The molecule has 0 aliphatic carbocycles. The van der Waals surface area contributed by atoms with Gasteiger partial charge in [0.25, 0.3) is 5.91 Å². The number of nitrogens with zero attached hydrogens (tertiary/aromatic N) is 2. The van der Waals surface area contributed by atoms with E-state index in [4.69, 9.17) is 10.9 Å². The number of hydrogen-bond donors (Lipinski definition) is 3. The quantitative estimate of drug-likeness (QED) is 0.317. The molecule has 2 aromatic heterocycles. The summed E-state index contributed by atoms with van der Waals surface area (Å²) in [7, 11) is 0. The number of fused-ring (bicyclic) bond motifs is 1. The Morgan fingerprint density at radius 2 is 2.27 bits per heavy atom. The number of pyridine rings is 1. The van der Waals surface area contributed by atoms with Crippen LogP contribution in [-0.4, -0.2) is 20.5 Å². The zero-order chi connectivity index (χ0) is 15.9. The minimum Gasteiger partial charge on any atom is -0.383 e. The van der Waals surface area contributed by atoms with Gasteiger partial charge in [-0.2, -0.15) is 0 Å². The van der Waals surface area contributed by atoms with E-state index in [1.54, 1.807) is 11.6 Å². The van der Waals surface area contributed by atoms with Crippen LogP contribution in [0.1, 0.15) is 43.9 Å². The van der Waals surface area contributed by atoms with Crippen LogP contribution in [0.2, 0.25) is 0 Å². The van der Waals surface area contributed by atoms with Crippen LogP contribution < -0.4 is 11.2 Å². The summed E-state index contributed by atoms with van der Waals surface area (Å²) < 4.78 is 1.85. The van der Waals surface area contributed by atoms with Crippen molar-refractivity contribution in [1.29, 1.82) is 0 Å². The van der Waals surface area contributed by atoms with Crippen molar-refractivity contribution < 1.29 is 10.0 Å². The smallest absolute Gasteiger partial charge is 0.267 e. The molecule has 0 unspecified atom stereocenters. The van der Waals surface area contributed by atoms with Crippen molar-refractivity contribution in [2.45, 2.75) is 39.0 Å². The molecule has 2 aromatic rings. The Morgan fingerprint density at radius 3 is 3.00 bits per heavy atom. The van der Waals surface area contributed by atoms with E-state index in [0.29, 0.717) is 5.82 Å². The first kappa shape index (κ1) is 16.0. The van der Waals surface area contributed by atoms with Gasteiger partial charge in [0.15, 0.2) is 0 Å². The number of unbranched alkanes of at least 4 members (excludes halogenated alkanes) is 3. The predicted octanol–water partition coefficient (Wildman–Crippen LogP) is 2.56. The van der Waals surface area contributed by atoms with Crippen LogP contribution in [0.3, 0.4) is 0 Å². The summed E-state index contributed by atoms with van der Waals surface area (Å²) in [6.45, 7) is 2.19. The largest absolute Gasteiger partial charge is 0.383 e. The molecule has 6 heteroatoms. The number of carbonyl (C=O) groups is 1. The van der Waals surface area contributed by atoms with Gasteiger partial charge in [0.1, 0.15) is 11.5 Å². The number of hydrogen-bond acceptors (Lipinski definition) is 4. The van der Waals surface area contributed by atoms with E-state index in [1.807, 2.05) is 22.7 Å². The summed E-state index contributed by atoms with van der Waals surface area (Å²) in [5.74, 6) is 0.106. The molecule has 0 aliphatic rings. The van der Waals surface area contributed by atoms with Crippen molar-refractivity contribution in [3.8, 4) is 0 Å². The number of anilines is 1. The monoisotopic (exact) mass is 302 g/mol. The molecular formula is C16H22N4O2. The van der Waals surface area contributed by atoms with Crippen molar-refractivity contribution in [2.24, 2.45) is 0 Å². The molecule has 0 saturated heterocycles. The van der Waals surface area contributed by atoms with Gasteiger partial charge in [-0.3, -0.25) is 14.4 Å². The maximum atomic E-state index is 11.0. The lowest BCUT2D eigenvalue weighted by molar-refractivity contribution is -0.124. The Balaban J connectivity index is 2.15. The predicted molar refractivity (Wildman–Crippen MR) is 86.4 cm³/mol. The zero-order valence-corrected chi connectivity index (χ0v) is 12.7. The number of carbonyl (C=O) groups excluding carboxylic acids is 1. The molecule has 0 spiro atoms. The highest BCUT2D eigenvalue weighted by molar-refractivity contribution is 5.90. The number of aryl methyl sites for hydroxylation is 1. The maximum absolute atomic E-state index is 11.0. The molecule has 0 aliphatic heterocycles. The molecule has 6 nitrogen and oxygen atoms in total. The maximum Gasteiger partial charge on any atom is 0.267 e. The van der Waals surface area contributed by atoms with Gasteiger partial charge in [-0.15, -0.1) is 0 Å². The van der Waals surface area contributed by atoms with Gasteiger partial charge in [0.05, 0.1) is 5.69 Å². The van der Waals surface area contributed by atoms with Gasteiger partial charge in [-0.25, -0.2) is 10.5 Å². The van der Waals surface area contributed by atoms with Crippen LogP contribution in [0.15, 0.2) is 24.4 Å². The highest BCUT2D eigenvalue weighted by Crippen LogP contribution is 2.19. The molecular weight excluding hydrogens is 280 g/mol. The Labute approximate surface area is 129 Å². The fourth-order valence-corrected chi connectivity index (χ4v) is 2.34. The molecule has 0 radical (unpaired) electrons. The van der Waals surface area contributed by atoms with E-state index >= 15 is 0 Å². The molecule has 4 N–H and O–H groups in total. The molecule has 118 valence electrons. The van der Waals surface area contributed by atoms with Crippen LogP contribution in [0.5, 0.6) is 0 Å². The van der Waals surface area contributed by atoms with Crippen LogP contribution in [0.4, 0.5) is 5.82 Å². The molecule has 0 fully saturated rings. The van der Waals surface area contributed by atoms with Crippen molar-refractivity contribution in [2.75, 3.05) is 5.73 Å². The molecule has 0 aromatic carbocycles. The van der Waals surface area contributed by atoms with E-state index in [1.165, 1.54) is 25.3 Å². The van der Waals surface area contributed by atoms with Crippen molar-refractivity contribution in [1.82, 2.24) is 14.9 Å². The van der Waals surface area contributed by atoms with E-state index in [-0.39, 0.29) is 0 Å². The second-order valence-corrected chi connectivity index (χ2v) is 5.25. The number of aromatic nitrogens is 2. The molecule has 2 heterocycles. The molecule has 0 atom stereocenters. The summed E-state index contributed by atoms with van der Waals surface area (Å²) in [5, 5.41) is 8.46. The first-order valence-electron chi connectivity index (χ1n) is 7.54. The number of imidazole rings is 1. The van der Waals surface area contributed by atoms with E-state index < -0.39 is 5.91 Å². The summed E-state index contributed by atoms with van der Waals surface area (Å²) in [4.78, 5) is 15.6. The molecule has 22 heavy (non-hydrogen) atoms. The summed E-state index contributed by atoms with van der Waals surface area (Å²) in [5.41, 5.74) is 10.2. The average Bonchev–Trinajstić information content (AvgIpc) is 2.85. The third-order valence-corrected chi connectivity index (χ3v) is 3.57. The van der Waals surface area contributed by atoms with E-state index in [2.05, 4.69) is 11.9 Å². The minimum atomic E-state index is -0.570. The number of rotatable bonds is 7. The Bertz CT molecular complexity index is 676. The van der Waals surface area contributed by atoms with Gasteiger partial charge in [-0.05, 0) is 36.6 Å². The average molecular weight is 302 g/mol. The minimum absolute atomic E-state index is 0.570. The highest BCUT2D eigenvalue weighted by Gasteiger charge is 2.08.